The van der Waals surface area contributed by atoms with Crippen LogP contribution in [0.25, 0.3) is 22.0 Å². The van der Waals surface area contributed by atoms with Gasteiger partial charge in [0.05, 0.1) is 35.0 Å². The van der Waals surface area contributed by atoms with E-state index in [1.54, 1.807) is 0 Å². The Kier molecular flexibility index (Phi) is 8.72. The van der Waals surface area contributed by atoms with Gasteiger partial charge in [0.2, 0.25) is 0 Å². The lowest BCUT2D eigenvalue weighted by Gasteiger charge is -2.37. The number of carbonyl (C=O) groups is 2. The summed E-state index contributed by atoms with van der Waals surface area (Å²) in [4.78, 5) is 43.8. The van der Waals surface area contributed by atoms with E-state index in [1.165, 1.54) is 7.11 Å². The van der Waals surface area contributed by atoms with Crippen LogP contribution in [-0.4, -0.2) is 75.0 Å². The fourth-order valence-corrected chi connectivity index (χ4v) is 7.16. The fraction of sp³-hybridized carbons (Fsp3) is 0.324. The average molecular weight is 664 g/mol. The predicted octanol–water partition coefficient (Wildman–Crippen LogP) is 5.43. The summed E-state index contributed by atoms with van der Waals surface area (Å²) in [6, 6.07) is 16.0. The lowest BCUT2D eigenvalue weighted by atomic mass is 9.96. The van der Waals surface area contributed by atoms with Crippen LogP contribution in [0.2, 0.25) is 5.02 Å². The highest BCUT2D eigenvalue weighted by Gasteiger charge is 2.33. The molecule has 1 N–H and O–H groups in total. The minimum Gasteiger partial charge on any atom is -0.469 e. The van der Waals surface area contributed by atoms with Crippen LogP contribution in [0, 0.1) is 12.8 Å². The molecule has 48 heavy (non-hydrogen) atoms. The number of nitrogens with one attached hydrogen (secondary N) is 1. The van der Waals surface area contributed by atoms with Gasteiger partial charge in [-0.1, -0.05) is 41.9 Å². The van der Waals surface area contributed by atoms with Crippen LogP contribution in [0.4, 0.5) is 5.69 Å². The Labute approximate surface area is 284 Å². The van der Waals surface area contributed by atoms with Crippen molar-refractivity contribution in [3.63, 3.8) is 0 Å². The lowest BCUT2D eigenvalue weighted by molar-refractivity contribution is -0.151. The van der Waals surface area contributed by atoms with Crippen LogP contribution in [0.15, 0.2) is 60.9 Å². The number of benzene rings is 2. The molecule has 0 aliphatic carbocycles. The Bertz CT molecular complexity index is 2050. The summed E-state index contributed by atoms with van der Waals surface area (Å²) in [5, 5.41) is 4.75. The summed E-state index contributed by atoms with van der Waals surface area (Å²) in [6.07, 6.45) is 5.08. The number of methoxy groups -OCH3 is 1. The monoisotopic (exact) mass is 663 g/mol. The van der Waals surface area contributed by atoms with Gasteiger partial charge in [0.15, 0.2) is 5.82 Å². The third kappa shape index (κ3) is 6.07. The number of anilines is 1. The lowest BCUT2D eigenvalue weighted by Crippen LogP contribution is -2.49. The third-order valence-electron chi connectivity index (χ3n) is 9.59. The highest BCUT2D eigenvalue weighted by atomic mass is 35.5. The van der Waals surface area contributed by atoms with Gasteiger partial charge in [-0.15, -0.1) is 0 Å². The maximum atomic E-state index is 13.4. The summed E-state index contributed by atoms with van der Waals surface area (Å²) in [5.41, 5.74) is 9.23. The van der Waals surface area contributed by atoms with E-state index in [0.717, 1.165) is 81.9 Å². The van der Waals surface area contributed by atoms with E-state index in [2.05, 4.69) is 38.2 Å². The van der Waals surface area contributed by atoms with Gasteiger partial charge >= 0.3 is 5.97 Å². The number of halogens is 1. The zero-order chi connectivity index (χ0) is 33.5. The van der Waals surface area contributed by atoms with Gasteiger partial charge < -0.3 is 19.5 Å². The average Bonchev–Trinajstić information content (AvgIpc) is 3.39. The number of imidazole rings is 1. The van der Waals surface area contributed by atoms with E-state index in [9.17, 15) is 9.59 Å². The van der Waals surface area contributed by atoms with Crippen LogP contribution >= 0.6 is 11.6 Å². The summed E-state index contributed by atoms with van der Waals surface area (Å²) in [5.74, 6) is -0.0225. The largest absolute Gasteiger partial charge is 0.469 e. The van der Waals surface area contributed by atoms with E-state index >= 15 is 0 Å². The molecule has 1 amide bonds. The molecule has 5 aromatic rings. The van der Waals surface area contributed by atoms with Gasteiger partial charge in [-0.2, -0.15) is 0 Å². The number of aromatic nitrogens is 4. The molecular weight excluding hydrogens is 626 g/mol. The fourth-order valence-electron chi connectivity index (χ4n) is 6.86. The summed E-state index contributed by atoms with van der Waals surface area (Å²) >= 11 is 7.12. The van der Waals surface area contributed by atoms with E-state index in [1.807, 2.05) is 73.4 Å². The quantitative estimate of drug-likeness (QED) is 0.219. The van der Waals surface area contributed by atoms with Gasteiger partial charge in [-0.05, 0) is 54.4 Å². The first kappa shape index (κ1) is 31.9. The zero-order valence-electron chi connectivity index (χ0n) is 27.6. The number of rotatable bonds is 8. The van der Waals surface area contributed by atoms with E-state index < -0.39 is 0 Å². The molecule has 1 saturated heterocycles. The molecule has 0 atom stereocenters. The second-order valence-corrected chi connectivity index (χ2v) is 13.2. The number of hydrogen-bond acceptors (Lipinski definition) is 8. The minimum atomic E-state index is -0.234. The van der Waals surface area contributed by atoms with Gasteiger partial charge in [0.1, 0.15) is 0 Å². The van der Waals surface area contributed by atoms with Crippen LogP contribution in [0.5, 0.6) is 0 Å². The molecule has 0 saturated carbocycles. The first-order chi connectivity index (χ1) is 23.2. The topological polar surface area (TPSA) is 105 Å². The van der Waals surface area contributed by atoms with E-state index in [-0.39, 0.29) is 17.8 Å². The van der Waals surface area contributed by atoms with E-state index in [4.69, 9.17) is 21.3 Å². The van der Waals surface area contributed by atoms with Crippen molar-refractivity contribution >= 4 is 40.1 Å². The molecular formula is C37H38ClN7O3. The molecule has 7 rings (SSSR count). The number of carbonyl (C=O) groups excluding carboxylic acids is 2. The maximum absolute atomic E-state index is 13.4. The number of ether oxygens (including phenoxy) is 1. The molecule has 3 aromatic heterocycles. The molecule has 0 bridgehead atoms. The van der Waals surface area contributed by atoms with Gasteiger partial charge in [0, 0.05) is 87.3 Å². The Morgan fingerprint density at radius 3 is 2.67 bits per heavy atom. The number of hydrogen-bond donors (Lipinski definition) is 1. The molecule has 0 unspecified atom stereocenters. The van der Waals surface area contributed by atoms with Crippen LogP contribution < -0.4 is 5.32 Å². The number of pyridine rings is 2. The summed E-state index contributed by atoms with van der Waals surface area (Å²) in [6.45, 7) is 5.80. The number of nitrogens with zero attached hydrogens (tertiary/aromatic N) is 6. The molecule has 11 heteroatoms. The second-order valence-electron chi connectivity index (χ2n) is 12.9. The molecule has 2 aromatic carbocycles. The van der Waals surface area contributed by atoms with E-state index in [0.29, 0.717) is 36.0 Å². The standard InChI is InChI=1S/C37H38ClN7O3/c1-22-27(8-6-10-29(22)42-36(46)35-41-31-21-43(2)14-12-32(31)44(35)3)28-9-5-7-24(33(28)38)16-30-34-25(11-13-39-30)15-23(17-40-34)18-45-19-26(20-45)37(47)48-4/h5-11,13,15,17,26H,12,14,16,18-21H2,1-4H3,(H,42,46). The Hall–Kier alpha value is -4.64. The molecule has 2 aliphatic heterocycles. The molecule has 1 fully saturated rings. The number of likely N-dealkylation sites (tertiary alicyclic amines) is 1. The first-order valence-electron chi connectivity index (χ1n) is 16.1. The van der Waals surface area contributed by atoms with Gasteiger partial charge in [0.25, 0.3) is 5.91 Å². The Morgan fingerprint density at radius 2 is 1.85 bits per heavy atom. The Morgan fingerprint density at radius 1 is 1.06 bits per heavy atom. The third-order valence-corrected chi connectivity index (χ3v) is 10.0. The molecule has 5 heterocycles. The smallest absolute Gasteiger partial charge is 0.311 e. The van der Waals surface area contributed by atoms with Crippen molar-refractivity contribution in [1.29, 1.82) is 0 Å². The highest BCUT2D eigenvalue weighted by molar-refractivity contribution is 6.34. The molecule has 10 nitrogen and oxygen atoms in total. The molecule has 2 aliphatic rings. The SMILES string of the molecule is COC(=O)C1CN(Cc2cnc3c(Cc4cccc(-c5cccc(NC(=O)c6nc7c(n6C)CCN(C)C7)c5C)c4Cl)nccc3c2)C1. The van der Waals surface area contributed by atoms with Gasteiger partial charge in [-0.3, -0.25) is 24.5 Å². The Balaban J connectivity index is 1.10. The van der Waals surface area contributed by atoms with Crippen molar-refractivity contribution in [3.8, 4) is 11.1 Å². The summed E-state index contributed by atoms with van der Waals surface area (Å²) < 4.78 is 6.78. The van der Waals surface area contributed by atoms with Crippen molar-refractivity contribution in [2.24, 2.45) is 13.0 Å². The molecule has 0 spiro atoms. The molecule has 0 radical (unpaired) electrons. The number of amides is 1. The van der Waals surface area contributed by atoms with Crippen LogP contribution in [0.3, 0.4) is 0 Å². The molecule has 246 valence electrons. The number of likely N-dealkylation sites (N-methyl/N-ethyl adjacent to an activating group) is 1. The summed E-state index contributed by atoms with van der Waals surface area (Å²) in [7, 11) is 5.41. The van der Waals surface area contributed by atoms with Crippen molar-refractivity contribution in [3.05, 3.63) is 106 Å². The van der Waals surface area contributed by atoms with Crippen molar-refractivity contribution in [1.82, 2.24) is 29.3 Å². The van der Waals surface area contributed by atoms with Crippen LogP contribution in [-0.2, 0) is 42.5 Å². The first-order valence-corrected chi connectivity index (χ1v) is 16.5. The maximum Gasteiger partial charge on any atom is 0.311 e. The minimum absolute atomic E-state index is 0.0517. The highest BCUT2D eigenvalue weighted by Crippen LogP contribution is 2.36. The van der Waals surface area contributed by atoms with Crippen molar-refractivity contribution < 1.29 is 14.3 Å². The normalized spacial score (nSPS) is 15.3. The number of fused-ring (bicyclic) bond motifs is 2. The predicted molar refractivity (Wildman–Crippen MR) is 186 cm³/mol. The zero-order valence-corrected chi connectivity index (χ0v) is 28.3. The van der Waals surface area contributed by atoms with Crippen molar-refractivity contribution in [2.75, 3.05) is 39.1 Å². The van der Waals surface area contributed by atoms with Crippen LogP contribution in [0.1, 0.15) is 44.4 Å². The number of esters is 1. The second kappa shape index (κ2) is 13.1. The van der Waals surface area contributed by atoms with Gasteiger partial charge in [-0.25, -0.2) is 4.98 Å². The van der Waals surface area contributed by atoms with Crippen molar-refractivity contribution in [2.45, 2.75) is 32.9 Å².